The number of rotatable bonds is 9. The first-order valence-corrected chi connectivity index (χ1v) is 10.7. The normalized spacial score (nSPS) is 11.8. The van der Waals surface area contributed by atoms with E-state index in [-0.39, 0.29) is 5.41 Å². The van der Waals surface area contributed by atoms with Crippen molar-refractivity contribution in [3.63, 3.8) is 0 Å². The van der Waals surface area contributed by atoms with Crippen LogP contribution >= 0.6 is 0 Å². The van der Waals surface area contributed by atoms with Crippen LogP contribution in [0.4, 0.5) is 0 Å². The summed E-state index contributed by atoms with van der Waals surface area (Å²) in [5.74, 6) is 2.25. The Balaban J connectivity index is 1.51. The summed E-state index contributed by atoms with van der Waals surface area (Å²) >= 11 is 0. The second-order valence-corrected chi connectivity index (χ2v) is 8.17. The maximum atomic E-state index is 5.46. The molecule has 0 aliphatic rings. The molecule has 0 radical (unpaired) electrons. The Bertz CT molecular complexity index is 1010. The fraction of sp³-hybridized carbons (Fsp3) is 0.360. The van der Waals surface area contributed by atoms with Gasteiger partial charge in [-0.3, -0.25) is 4.99 Å². The highest BCUT2D eigenvalue weighted by atomic mass is 16.5. The van der Waals surface area contributed by atoms with Crippen molar-refractivity contribution in [3.05, 3.63) is 72.1 Å². The fourth-order valence-corrected chi connectivity index (χ4v) is 3.45. The van der Waals surface area contributed by atoms with Gasteiger partial charge in [0, 0.05) is 37.9 Å². The van der Waals surface area contributed by atoms with Crippen molar-refractivity contribution in [2.24, 2.45) is 4.99 Å². The molecule has 0 unspecified atom stereocenters. The van der Waals surface area contributed by atoms with E-state index in [2.05, 4.69) is 64.9 Å². The van der Waals surface area contributed by atoms with Gasteiger partial charge < -0.3 is 20.1 Å². The Morgan fingerprint density at radius 1 is 1.03 bits per heavy atom. The zero-order valence-electron chi connectivity index (χ0n) is 19.6. The lowest BCUT2D eigenvalue weighted by Gasteiger charge is -2.27. The highest BCUT2D eigenvalue weighted by Crippen LogP contribution is 2.32. The summed E-state index contributed by atoms with van der Waals surface area (Å²) in [6.07, 6.45) is 4.62. The monoisotopic (exact) mass is 435 g/mol. The topological polar surface area (TPSA) is 72.7 Å². The van der Waals surface area contributed by atoms with E-state index in [9.17, 15) is 0 Å². The average Bonchev–Trinajstić information content (AvgIpc) is 3.36. The first-order chi connectivity index (χ1) is 15.5. The van der Waals surface area contributed by atoms with Crippen LogP contribution in [0.3, 0.4) is 0 Å². The number of methoxy groups -OCH3 is 2. The van der Waals surface area contributed by atoms with Crippen LogP contribution in [0.2, 0.25) is 0 Å². The second-order valence-electron chi connectivity index (χ2n) is 8.17. The molecule has 32 heavy (non-hydrogen) atoms. The summed E-state index contributed by atoms with van der Waals surface area (Å²) in [6, 6.07) is 16.4. The molecule has 0 fully saturated rings. The van der Waals surface area contributed by atoms with Gasteiger partial charge in [-0.2, -0.15) is 5.10 Å². The van der Waals surface area contributed by atoms with Crippen molar-refractivity contribution < 1.29 is 9.47 Å². The van der Waals surface area contributed by atoms with Crippen molar-refractivity contribution >= 4 is 5.96 Å². The number of hydrogen-bond acceptors (Lipinski definition) is 4. The van der Waals surface area contributed by atoms with Gasteiger partial charge in [-0.1, -0.05) is 32.0 Å². The molecule has 1 aromatic heterocycles. The minimum Gasteiger partial charge on any atom is -0.493 e. The van der Waals surface area contributed by atoms with E-state index in [0.29, 0.717) is 0 Å². The molecule has 3 aromatic rings. The van der Waals surface area contributed by atoms with Gasteiger partial charge in [0.05, 0.1) is 19.9 Å². The molecule has 2 aromatic carbocycles. The quantitative estimate of drug-likeness (QED) is 0.397. The molecule has 1 heterocycles. The van der Waals surface area contributed by atoms with Crippen LogP contribution in [-0.2, 0) is 11.8 Å². The Hall–Kier alpha value is -3.48. The van der Waals surface area contributed by atoms with Crippen LogP contribution in [0, 0.1) is 0 Å². The summed E-state index contributed by atoms with van der Waals surface area (Å²) in [7, 11) is 5.09. The highest BCUT2D eigenvalue weighted by molar-refractivity contribution is 5.79. The van der Waals surface area contributed by atoms with E-state index in [1.165, 1.54) is 5.56 Å². The van der Waals surface area contributed by atoms with E-state index in [0.717, 1.165) is 48.2 Å². The first-order valence-electron chi connectivity index (χ1n) is 10.7. The van der Waals surface area contributed by atoms with E-state index < -0.39 is 0 Å². The molecule has 0 aliphatic heterocycles. The molecule has 2 N–H and O–H groups in total. The third-order valence-electron chi connectivity index (χ3n) is 5.50. The first kappa shape index (κ1) is 23.2. The predicted molar refractivity (Wildman–Crippen MR) is 129 cm³/mol. The van der Waals surface area contributed by atoms with Crippen molar-refractivity contribution in [3.8, 4) is 17.2 Å². The maximum absolute atomic E-state index is 5.46. The third kappa shape index (κ3) is 5.81. The molecule has 0 saturated carbocycles. The van der Waals surface area contributed by atoms with Crippen molar-refractivity contribution in [1.29, 1.82) is 0 Å². The van der Waals surface area contributed by atoms with E-state index in [1.807, 2.05) is 29.1 Å². The second kappa shape index (κ2) is 10.7. The lowest BCUT2D eigenvalue weighted by atomic mass is 9.84. The third-order valence-corrected chi connectivity index (χ3v) is 5.50. The summed E-state index contributed by atoms with van der Waals surface area (Å²) in [5, 5.41) is 11.1. The largest absolute Gasteiger partial charge is 0.493 e. The van der Waals surface area contributed by atoms with E-state index in [4.69, 9.17) is 9.47 Å². The molecule has 7 heteroatoms. The van der Waals surface area contributed by atoms with Gasteiger partial charge in [-0.25, -0.2) is 4.68 Å². The van der Waals surface area contributed by atoms with Crippen molar-refractivity contribution in [2.45, 2.75) is 25.7 Å². The van der Waals surface area contributed by atoms with Crippen LogP contribution in [0.5, 0.6) is 11.5 Å². The molecule has 0 saturated heterocycles. The Morgan fingerprint density at radius 2 is 1.78 bits per heavy atom. The van der Waals surface area contributed by atoms with E-state index in [1.54, 1.807) is 27.5 Å². The maximum Gasteiger partial charge on any atom is 0.191 e. The van der Waals surface area contributed by atoms with Crippen molar-refractivity contribution in [2.75, 3.05) is 34.4 Å². The molecule has 170 valence electrons. The van der Waals surface area contributed by atoms with Gasteiger partial charge in [-0.15, -0.1) is 0 Å². The summed E-state index contributed by atoms with van der Waals surface area (Å²) in [4.78, 5) is 4.36. The average molecular weight is 436 g/mol. The van der Waals surface area contributed by atoms with Gasteiger partial charge in [0.1, 0.15) is 0 Å². The number of aliphatic imine (C=N–C) groups is 1. The number of guanidine groups is 1. The number of nitrogens with zero attached hydrogens (tertiary/aromatic N) is 3. The van der Waals surface area contributed by atoms with Gasteiger partial charge in [0.25, 0.3) is 0 Å². The summed E-state index contributed by atoms with van der Waals surface area (Å²) in [5.41, 5.74) is 3.35. The van der Waals surface area contributed by atoms with Crippen LogP contribution in [-0.4, -0.2) is 50.1 Å². The van der Waals surface area contributed by atoms with Gasteiger partial charge in [0.2, 0.25) is 0 Å². The van der Waals surface area contributed by atoms with Gasteiger partial charge in [-0.05, 0) is 47.9 Å². The zero-order valence-corrected chi connectivity index (χ0v) is 19.6. The predicted octanol–water partition coefficient (Wildman–Crippen LogP) is 3.57. The molecule has 7 nitrogen and oxygen atoms in total. The SMILES string of the molecule is CN=C(NCCc1ccc(-n2cccn2)cc1)NCC(C)(C)c1ccc(OC)c(OC)c1. The lowest BCUT2D eigenvalue weighted by molar-refractivity contribution is 0.353. The summed E-state index contributed by atoms with van der Waals surface area (Å²) in [6.45, 7) is 5.89. The van der Waals surface area contributed by atoms with Crippen LogP contribution in [0.25, 0.3) is 5.69 Å². The molecule has 3 rings (SSSR count). The van der Waals surface area contributed by atoms with Crippen LogP contribution in [0.15, 0.2) is 65.9 Å². The standard InChI is InChI=1S/C25H33N5O2/c1-25(2,20-9-12-22(31-4)23(17-20)32-5)18-28-24(26-3)27-15-13-19-7-10-21(11-8-19)30-16-6-14-29-30/h6-12,14,16-17H,13,15,18H2,1-5H3,(H2,26,27,28). The van der Waals surface area contributed by atoms with Gasteiger partial charge in [0.15, 0.2) is 17.5 Å². The van der Waals surface area contributed by atoms with E-state index >= 15 is 0 Å². The number of nitrogens with one attached hydrogen (secondary N) is 2. The molecular weight excluding hydrogens is 402 g/mol. The molecular formula is C25H33N5O2. The lowest BCUT2D eigenvalue weighted by Crippen LogP contribution is -2.44. The number of aromatic nitrogens is 2. The van der Waals surface area contributed by atoms with Crippen LogP contribution in [0.1, 0.15) is 25.0 Å². The molecule has 0 aliphatic carbocycles. The minimum absolute atomic E-state index is 0.125. The Kier molecular flexibility index (Phi) is 7.76. The smallest absolute Gasteiger partial charge is 0.191 e. The van der Waals surface area contributed by atoms with Gasteiger partial charge >= 0.3 is 0 Å². The molecule has 0 atom stereocenters. The molecule has 0 bridgehead atoms. The Morgan fingerprint density at radius 3 is 2.41 bits per heavy atom. The summed E-state index contributed by atoms with van der Waals surface area (Å²) < 4.78 is 12.7. The fourth-order valence-electron chi connectivity index (χ4n) is 3.45. The zero-order chi connectivity index (χ0) is 23.0. The van der Waals surface area contributed by atoms with Crippen LogP contribution < -0.4 is 20.1 Å². The number of benzene rings is 2. The number of ether oxygens (including phenoxy) is 2. The van der Waals surface area contributed by atoms with Crippen molar-refractivity contribution in [1.82, 2.24) is 20.4 Å². The molecule has 0 spiro atoms. The highest BCUT2D eigenvalue weighted by Gasteiger charge is 2.22. The molecule has 0 amide bonds. The number of hydrogen-bond donors (Lipinski definition) is 2. The minimum atomic E-state index is -0.125. The Labute approximate surface area is 190 Å².